The van der Waals surface area contributed by atoms with Crippen LogP contribution in [-0.4, -0.2) is 9.97 Å². The Hall–Kier alpha value is -1.02. The quantitative estimate of drug-likeness (QED) is 0.716. The molecule has 2 nitrogen and oxygen atoms in total. The molecule has 0 bridgehead atoms. The maximum Gasteiger partial charge on any atom is 0.174 e. The summed E-state index contributed by atoms with van der Waals surface area (Å²) in [6.07, 6.45) is 3.60. The Bertz CT molecular complexity index is 406. The molecule has 1 aromatic carbocycles. The van der Waals surface area contributed by atoms with E-state index >= 15 is 0 Å². The summed E-state index contributed by atoms with van der Waals surface area (Å²) in [5, 5.41) is 0.783. The molecular formula is C9H8ClN2. The fourth-order valence-corrected chi connectivity index (χ4v) is 1.61. The summed E-state index contributed by atoms with van der Waals surface area (Å²) in [7, 11) is 0. The van der Waals surface area contributed by atoms with E-state index in [0.29, 0.717) is 0 Å². The van der Waals surface area contributed by atoms with Crippen LogP contribution >= 0.6 is 11.6 Å². The van der Waals surface area contributed by atoms with Crippen LogP contribution in [0.3, 0.4) is 0 Å². The molecule has 0 saturated heterocycles. The number of aryl methyl sites for hydroxylation is 1. The van der Waals surface area contributed by atoms with Crippen molar-refractivity contribution >= 4 is 22.6 Å². The van der Waals surface area contributed by atoms with Crippen molar-refractivity contribution in [3.05, 3.63) is 29.0 Å². The Labute approximate surface area is 75.6 Å². The van der Waals surface area contributed by atoms with Crippen molar-refractivity contribution in [2.75, 3.05) is 0 Å². The third-order valence-corrected chi connectivity index (χ3v) is 2.29. The number of aromatic amines is 1. The maximum absolute atomic E-state index is 5.99. The molecule has 0 amide bonds. The molecule has 2 aromatic rings. The van der Waals surface area contributed by atoms with Crippen LogP contribution in [0.2, 0.25) is 5.02 Å². The number of hydrogen-bond acceptors (Lipinski definition) is 1. The molecule has 3 heteroatoms. The van der Waals surface area contributed by atoms with E-state index in [1.54, 1.807) is 0 Å². The molecule has 0 fully saturated rings. The van der Waals surface area contributed by atoms with Crippen LogP contribution in [0.4, 0.5) is 0 Å². The minimum Gasteiger partial charge on any atom is -0.335 e. The number of rotatable bonds is 1. The van der Waals surface area contributed by atoms with Crippen molar-refractivity contribution < 1.29 is 0 Å². The van der Waals surface area contributed by atoms with Crippen molar-refractivity contribution in [1.82, 2.24) is 9.97 Å². The largest absolute Gasteiger partial charge is 0.335 e. The number of aromatic nitrogens is 2. The smallest absolute Gasteiger partial charge is 0.174 e. The van der Waals surface area contributed by atoms with Crippen LogP contribution in [0.25, 0.3) is 11.0 Å². The summed E-state index contributed by atoms with van der Waals surface area (Å²) in [6, 6.07) is 3.80. The van der Waals surface area contributed by atoms with Crippen molar-refractivity contribution in [2.24, 2.45) is 0 Å². The van der Waals surface area contributed by atoms with Crippen LogP contribution in [0.15, 0.2) is 12.1 Å². The zero-order valence-corrected chi connectivity index (χ0v) is 7.44. The highest BCUT2D eigenvalue weighted by atomic mass is 35.5. The Morgan fingerprint density at radius 3 is 3.17 bits per heavy atom. The summed E-state index contributed by atoms with van der Waals surface area (Å²) in [6.45, 7) is 2.06. The first-order valence-corrected chi connectivity index (χ1v) is 4.24. The third-order valence-electron chi connectivity index (χ3n) is 1.94. The van der Waals surface area contributed by atoms with Gasteiger partial charge in [0, 0.05) is 5.02 Å². The lowest BCUT2D eigenvalue weighted by Crippen LogP contribution is -1.84. The molecule has 12 heavy (non-hydrogen) atoms. The topological polar surface area (TPSA) is 28.7 Å². The van der Waals surface area contributed by atoms with E-state index in [4.69, 9.17) is 11.6 Å². The highest BCUT2D eigenvalue weighted by molar-refractivity contribution is 6.32. The van der Waals surface area contributed by atoms with Crippen LogP contribution in [-0.2, 0) is 6.42 Å². The van der Waals surface area contributed by atoms with Crippen LogP contribution in [0.1, 0.15) is 12.5 Å². The predicted molar refractivity (Wildman–Crippen MR) is 49.3 cm³/mol. The lowest BCUT2D eigenvalue weighted by Gasteiger charge is -2.00. The maximum atomic E-state index is 5.99. The van der Waals surface area contributed by atoms with Gasteiger partial charge in [0.15, 0.2) is 6.33 Å². The Kier molecular flexibility index (Phi) is 1.77. The zero-order valence-electron chi connectivity index (χ0n) is 6.69. The van der Waals surface area contributed by atoms with Gasteiger partial charge in [-0.2, -0.15) is 0 Å². The average molecular weight is 180 g/mol. The second kappa shape index (κ2) is 2.79. The summed E-state index contributed by atoms with van der Waals surface area (Å²) < 4.78 is 0. The number of nitrogens with one attached hydrogen (secondary N) is 1. The first-order valence-electron chi connectivity index (χ1n) is 3.86. The number of nitrogens with zero attached hydrogens (tertiary/aromatic N) is 1. The van der Waals surface area contributed by atoms with Gasteiger partial charge in [0.2, 0.25) is 0 Å². The van der Waals surface area contributed by atoms with Crippen molar-refractivity contribution in [3.8, 4) is 0 Å². The fourth-order valence-electron chi connectivity index (χ4n) is 1.32. The Morgan fingerprint density at radius 2 is 2.42 bits per heavy atom. The standard InChI is InChI=1S/C9H8ClN2/c1-2-6-7(10)3-4-8-9(6)12-5-11-8/h3-4H,2H2,1H3,(H,11,12). The van der Waals surface area contributed by atoms with E-state index in [0.717, 1.165) is 28.0 Å². The zero-order chi connectivity index (χ0) is 8.55. The molecule has 0 aliphatic carbocycles. The number of benzene rings is 1. The van der Waals surface area contributed by atoms with E-state index in [-0.39, 0.29) is 0 Å². The molecule has 2 rings (SSSR count). The number of fused-ring (bicyclic) bond motifs is 1. The van der Waals surface area contributed by atoms with E-state index in [1.165, 1.54) is 0 Å². The highest BCUT2D eigenvalue weighted by Gasteiger charge is 2.05. The molecule has 1 radical (unpaired) electrons. The van der Waals surface area contributed by atoms with E-state index in [1.807, 2.05) is 12.1 Å². The van der Waals surface area contributed by atoms with E-state index in [9.17, 15) is 0 Å². The minimum atomic E-state index is 0.783. The minimum absolute atomic E-state index is 0.783. The summed E-state index contributed by atoms with van der Waals surface area (Å²) >= 11 is 5.99. The Balaban J connectivity index is 2.83. The van der Waals surface area contributed by atoms with Gasteiger partial charge >= 0.3 is 0 Å². The molecule has 0 aliphatic rings. The fraction of sp³-hybridized carbons (Fsp3) is 0.222. The second-order valence-electron chi connectivity index (χ2n) is 2.62. The van der Waals surface area contributed by atoms with Gasteiger partial charge in [0.25, 0.3) is 0 Å². The van der Waals surface area contributed by atoms with Crippen LogP contribution in [0.5, 0.6) is 0 Å². The summed E-state index contributed by atoms with van der Waals surface area (Å²) in [4.78, 5) is 7.01. The molecule has 0 atom stereocenters. The molecule has 0 aliphatic heterocycles. The van der Waals surface area contributed by atoms with Gasteiger partial charge in [-0.3, -0.25) is 0 Å². The number of halogens is 1. The molecule has 0 unspecified atom stereocenters. The molecular weight excluding hydrogens is 172 g/mol. The summed E-state index contributed by atoms with van der Waals surface area (Å²) in [5.41, 5.74) is 3.02. The van der Waals surface area contributed by atoms with E-state index < -0.39 is 0 Å². The van der Waals surface area contributed by atoms with Crippen LogP contribution in [0, 0.1) is 6.33 Å². The molecule has 61 valence electrons. The lowest BCUT2D eigenvalue weighted by atomic mass is 10.1. The molecule has 1 aromatic heterocycles. The van der Waals surface area contributed by atoms with Gasteiger partial charge in [-0.25, -0.2) is 4.98 Å². The average Bonchev–Trinajstić information content (AvgIpc) is 2.52. The molecule has 1 N–H and O–H groups in total. The normalized spacial score (nSPS) is 10.8. The third kappa shape index (κ3) is 0.994. The molecule has 1 heterocycles. The monoisotopic (exact) mass is 179 g/mol. The predicted octanol–water partition coefficient (Wildman–Crippen LogP) is 2.58. The number of H-pyrrole nitrogens is 1. The summed E-state index contributed by atoms with van der Waals surface area (Å²) in [5.74, 6) is 0. The first-order chi connectivity index (χ1) is 5.83. The van der Waals surface area contributed by atoms with Gasteiger partial charge in [-0.05, 0) is 24.1 Å². The second-order valence-corrected chi connectivity index (χ2v) is 3.03. The van der Waals surface area contributed by atoms with Gasteiger partial charge < -0.3 is 4.98 Å². The van der Waals surface area contributed by atoms with Crippen molar-refractivity contribution in [1.29, 1.82) is 0 Å². The Morgan fingerprint density at radius 1 is 1.58 bits per heavy atom. The van der Waals surface area contributed by atoms with Crippen molar-refractivity contribution in [3.63, 3.8) is 0 Å². The molecule has 0 saturated carbocycles. The number of imidazole rings is 1. The van der Waals surface area contributed by atoms with Gasteiger partial charge in [0.1, 0.15) is 0 Å². The van der Waals surface area contributed by atoms with Crippen LogP contribution < -0.4 is 0 Å². The first kappa shape index (κ1) is 7.62. The lowest BCUT2D eigenvalue weighted by molar-refractivity contribution is 1.15. The molecule has 0 spiro atoms. The van der Waals surface area contributed by atoms with Gasteiger partial charge in [-0.1, -0.05) is 18.5 Å². The van der Waals surface area contributed by atoms with Crippen molar-refractivity contribution in [2.45, 2.75) is 13.3 Å². The number of hydrogen-bond donors (Lipinski definition) is 1. The highest BCUT2D eigenvalue weighted by Crippen LogP contribution is 2.23. The SMILES string of the molecule is CCc1c(Cl)ccc2[nH][c]nc12. The van der Waals surface area contributed by atoms with Gasteiger partial charge in [0.05, 0.1) is 11.0 Å². The van der Waals surface area contributed by atoms with E-state index in [2.05, 4.69) is 23.2 Å². The van der Waals surface area contributed by atoms with Gasteiger partial charge in [-0.15, -0.1) is 0 Å².